The molecule has 0 unspecified atom stereocenters. The Bertz CT molecular complexity index is 919. The summed E-state index contributed by atoms with van der Waals surface area (Å²) in [6.07, 6.45) is 1.54. The van der Waals surface area contributed by atoms with Crippen molar-refractivity contribution in [2.45, 2.75) is 4.90 Å². The first-order chi connectivity index (χ1) is 10.5. The number of anilines is 1. The first-order valence-corrected chi connectivity index (χ1v) is 8.99. The molecule has 1 aromatic heterocycles. The van der Waals surface area contributed by atoms with Gasteiger partial charge in [0.1, 0.15) is 5.75 Å². The van der Waals surface area contributed by atoms with Crippen molar-refractivity contribution in [3.8, 4) is 0 Å². The van der Waals surface area contributed by atoms with Crippen molar-refractivity contribution < 1.29 is 13.2 Å². The first kappa shape index (κ1) is 14.7. The number of amides is 1. The van der Waals surface area contributed by atoms with E-state index in [1.165, 1.54) is 23.6 Å². The van der Waals surface area contributed by atoms with Crippen molar-refractivity contribution in [1.82, 2.24) is 4.98 Å². The molecule has 2 aromatic carbocycles. The Morgan fingerprint density at radius 1 is 1.14 bits per heavy atom. The fourth-order valence-electron chi connectivity index (χ4n) is 2.06. The average molecular weight is 332 g/mol. The van der Waals surface area contributed by atoms with Gasteiger partial charge < -0.3 is 5.32 Å². The minimum absolute atomic E-state index is 0.139. The highest BCUT2D eigenvalue weighted by Crippen LogP contribution is 2.20. The predicted octanol–water partition coefficient (Wildman–Crippen LogP) is 2.71. The number of thiazole rings is 1. The Hall–Kier alpha value is -2.25. The Morgan fingerprint density at radius 3 is 2.64 bits per heavy atom. The molecular weight excluding hydrogens is 320 g/mol. The number of carbonyl (C=O) groups is 1. The largest absolute Gasteiger partial charge is 0.301 e. The molecule has 1 N–H and O–H groups in total. The maximum Gasteiger partial charge on any atom is 0.241 e. The number of sulfone groups is 1. The quantitative estimate of drug-likeness (QED) is 0.797. The first-order valence-electron chi connectivity index (χ1n) is 6.45. The zero-order valence-electron chi connectivity index (χ0n) is 11.4. The Labute approximate surface area is 131 Å². The normalized spacial score (nSPS) is 11.5. The van der Waals surface area contributed by atoms with Gasteiger partial charge in [0.15, 0.2) is 15.0 Å². The van der Waals surface area contributed by atoms with E-state index in [1.807, 2.05) is 24.3 Å². The van der Waals surface area contributed by atoms with Crippen LogP contribution >= 0.6 is 11.3 Å². The number of nitrogens with zero attached hydrogens (tertiary/aromatic N) is 1. The summed E-state index contributed by atoms with van der Waals surface area (Å²) >= 11 is 1.24. The zero-order chi connectivity index (χ0) is 15.6. The van der Waals surface area contributed by atoms with Gasteiger partial charge in [0.2, 0.25) is 5.91 Å². The van der Waals surface area contributed by atoms with E-state index in [-0.39, 0.29) is 4.90 Å². The Balaban J connectivity index is 1.83. The van der Waals surface area contributed by atoms with Crippen LogP contribution in [0, 0.1) is 0 Å². The molecule has 1 heterocycles. The molecular formula is C15H12N2O3S2. The molecule has 1 amide bonds. The van der Waals surface area contributed by atoms with E-state index in [1.54, 1.807) is 17.5 Å². The maximum atomic E-state index is 12.3. The Kier molecular flexibility index (Phi) is 3.91. The van der Waals surface area contributed by atoms with Crippen LogP contribution in [0.15, 0.2) is 58.9 Å². The molecule has 0 aliphatic rings. The van der Waals surface area contributed by atoms with Crippen molar-refractivity contribution >= 4 is 43.0 Å². The maximum absolute atomic E-state index is 12.3. The summed E-state index contributed by atoms with van der Waals surface area (Å²) in [5, 5.41) is 6.34. The number of hydrogen-bond donors (Lipinski definition) is 1. The lowest BCUT2D eigenvalue weighted by Gasteiger charge is -2.06. The lowest BCUT2D eigenvalue weighted by atomic mass is 10.1. The predicted molar refractivity (Wildman–Crippen MR) is 86.7 cm³/mol. The van der Waals surface area contributed by atoms with Crippen LogP contribution < -0.4 is 5.32 Å². The molecule has 0 spiro atoms. The Morgan fingerprint density at radius 2 is 1.91 bits per heavy atom. The van der Waals surface area contributed by atoms with Gasteiger partial charge in [-0.3, -0.25) is 4.79 Å². The van der Waals surface area contributed by atoms with Gasteiger partial charge in [-0.1, -0.05) is 30.3 Å². The zero-order valence-corrected chi connectivity index (χ0v) is 13.0. The third-order valence-electron chi connectivity index (χ3n) is 3.08. The lowest BCUT2D eigenvalue weighted by Crippen LogP contribution is -2.22. The molecule has 3 rings (SSSR count). The number of carbonyl (C=O) groups excluding carboxylic acids is 1. The molecule has 0 bridgehead atoms. The molecule has 5 nitrogen and oxygen atoms in total. The summed E-state index contributed by atoms with van der Waals surface area (Å²) in [4.78, 5) is 15.9. The van der Waals surface area contributed by atoms with Gasteiger partial charge in [0, 0.05) is 11.6 Å². The monoisotopic (exact) mass is 332 g/mol. The van der Waals surface area contributed by atoms with Crippen molar-refractivity contribution in [1.29, 1.82) is 0 Å². The van der Waals surface area contributed by atoms with E-state index in [9.17, 15) is 13.2 Å². The second-order valence-electron chi connectivity index (χ2n) is 4.65. The van der Waals surface area contributed by atoms with Crippen LogP contribution in [0.25, 0.3) is 10.8 Å². The summed E-state index contributed by atoms with van der Waals surface area (Å²) in [5.41, 5.74) is 0. The highest BCUT2D eigenvalue weighted by Gasteiger charge is 2.20. The number of fused-ring (bicyclic) bond motifs is 1. The summed E-state index contributed by atoms with van der Waals surface area (Å²) in [6.45, 7) is 0. The molecule has 3 aromatic rings. The van der Waals surface area contributed by atoms with Gasteiger partial charge in [0.25, 0.3) is 0 Å². The third kappa shape index (κ3) is 3.15. The van der Waals surface area contributed by atoms with Crippen LogP contribution in [0.4, 0.5) is 5.13 Å². The summed E-state index contributed by atoms with van der Waals surface area (Å²) in [6, 6.07) is 12.3. The van der Waals surface area contributed by atoms with E-state index in [4.69, 9.17) is 0 Å². The second-order valence-corrected chi connectivity index (χ2v) is 7.54. The molecule has 22 heavy (non-hydrogen) atoms. The topological polar surface area (TPSA) is 76.1 Å². The van der Waals surface area contributed by atoms with E-state index >= 15 is 0 Å². The van der Waals surface area contributed by atoms with Crippen LogP contribution in [0.2, 0.25) is 0 Å². The summed E-state index contributed by atoms with van der Waals surface area (Å²) < 4.78 is 24.7. The number of hydrogen-bond acceptors (Lipinski definition) is 5. The van der Waals surface area contributed by atoms with E-state index < -0.39 is 21.5 Å². The van der Waals surface area contributed by atoms with Crippen LogP contribution in [-0.4, -0.2) is 25.1 Å². The molecule has 0 atom stereocenters. The molecule has 7 heteroatoms. The SMILES string of the molecule is O=C(CS(=O)(=O)c1ccc2ccccc2c1)Nc1nccs1. The van der Waals surface area contributed by atoms with Crippen LogP contribution in [0.3, 0.4) is 0 Å². The van der Waals surface area contributed by atoms with Gasteiger partial charge in [0.05, 0.1) is 4.90 Å². The molecule has 0 aliphatic carbocycles. The van der Waals surface area contributed by atoms with Gasteiger partial charge in [-0.15, -0.1) is 11.3 Å². The van der Waals surface area contributed by atoms with Gasteiger partial charge >= 0.3 is 0 Å². The summed E-state index contributed by atoms with van der Waals surface area (Å²) in [7, 11) is -3.69. The molecule has 0 aliphatic heterocycles. The van der Waals surface area contributed by atoms with Gasteiger partial charge in [-0.25, -0.2) is 13.4 Å². The molecule has 112 valence electrons. The van der Waals surface area contributed by atoms with E-state index in [0.29, 0.717) is 5.13 Å². The smallest absolute Gasteiger partial charge is 0.241 e. The third-order valence-corrected chi connectivity index (χ3v) is 5.38. The van der Waals surface area contributed by atoms with Crippen LogP contribution in [0.1, 0.15) is 0 Å². The fraction of sp³-hybridized carbons (Fsp3) is 0.0667. The molecule has 0 saturated heterocycles. The van der Waals surface area contributed by atoms with Crippen molar-refractivity contribution in [3.63, 3.8) is 0 Å². The molecule has 0 saturated carbocycles. The number of nitrogens with one attached hydrogen (secondary N) is 1. The fourth-order valence-corrected chi connectivity index (χ4v) is 3.77. The number of aromatic nitrogens is 1. The lowest BCUT2D eigenvalue weighted by molar-refractivity contribution is -0.113. The van der Waals surface area contributed by atoms with Gasteiger partial charge in [-0.2, -0.15) is 0 Å². The molecule has 0 radical (unpaired) electrons. The molecule has 0 fully saturated rings. The highest BCUT2D eigenvalue weighted by atomic mass is 32.2. The number of benzene rings is 2. The van der Waals surface area contributed by atoms with E-state index in [2.05, 4.69) is 10.3 Å². The second kappa shape index (κ2) is 5.86. The number of rotatable bonds is 4. The van der Waals surface area contributed by atoms with Crippen molar-refractivity contribution in [2.75, 3.05) is 11.1 Å². The van der Waals surface area contributed by atoms with Crippen molar-refractivity contribution in [3.05, 3.63) is 54.0 Å². The van der Waals surface area contributed by atoms with Crippen molar-refractivity contribution in [2.24, 2.45) is 0 Å². The van der Waals surface area contributed by atoms with Crippen LogP contribution in [0.5, 0.6) is 0 Å². The van der Waals surface area contributed by atoms with E-state index in [0.717, 1.165) is 10.8 Å². The van der Waals surface area contributed by atoms with Gasteiger partial charge in [-0.05, 0) is 22.9 Å². The average Bonchev–Trinajstić information content (AvgIpc) is 2.99. The van der Waals surface area contributed by atoms with Crippen LogP contribution in [-0.2, 0) is 14.6 Å². The minimum atomic E-state index is -3.69. The minimum Gasteiger partial charge on any atom is -0.301 e. The standard InChI is InChI=1S/C15H12N2O3S2/c18-14(17-15-16-7-8-21-15)10-22(19,20)13-6-5-11-3-1-2-4-12(11)9-13/h1-9H,10H2,(H,16,17,18). The highest BCUT2D eigenvalue weighted by molar-refractivity contribution is 7.92. The summed E-state index contributed by atoms with van der Waals surface area (Å²) in [5.74, 6) is -1.20.